The number of esters is 1. The number of carbonyl (C=O) groups excluding carboxylic acids is 1. The van der Waals surface area contributed by atoms with Gasteiger partial charge in [-0.2, -0.15) is 0 Å². The van der Waals surface area contributed by atoms with Crippen LogP contribution in [0, 0.1) is 12.8 Å². The molecule has 1 fully saturated rings. The average molecular weight is 416 g/mol. The average Bonchev–Trinajstić information content (AvgIpc) is 2.80. The smallest absolute Gasteiger partial charge is 0.308 e. The summed E-state index contributed by atoms with van der Waals surface area (Å²) in [6.45, 7) is 4.83. The first-order chi connectivity index (χ1) is 15.1. The van der Waals surface area contributed by atoms with Gasteiger partial charge in [0.2, 0.25) is 0 Å². The molecule has 0 saturated carbocycles. The number of methoxy groups -OCH3 is 1. The second kappa shape index (κ2) is 9.84. The molecular weight excluding hydrogens is 386 g/mol. The number of hydrogen-bond acceptors (Lipinski definition) is 5. The minimum atomic E-state index is -0.0740. The fraction of sp³-hybridized carbons (Fsp3) is 0.346. The van der Waals surface area contributed by atoms with Crippen LogP contribution in [0.4, 0.5) is 0 Å². The van der Waals surface area contributed by atoms with Crippen molar-refractivity contribution in [1.82, 2.24) is 14.9 Å². The van der Waals surface area contributed by atoms with Crippen molar-refractivity contribution in [3.63, 3.8) is 0 Å². The summed E-state index contributed by atoms with van der Waals surface area (Å²) in [7, 11) is 1.47. The van der Waals surface area contributed by atoms with Gasteiger partial charge in [0.1, 0.15) is 5.82 Å². The summed E-state index contributed by atoms with van der Waals surface area (Å²) in [5, 5.41) is 0. The molecule has 1 saturated heterocycles. The zero-order valence-electron chi connectivity index (χ0n) is 18.3. The molecule has 1 aliphatic heterocycles. The van der Waals surface area contributed by atoms with Crippen LogP contribution in [-0.4, -0.2) is 41.0 Å². The minimum Gasteiger partial charge on any atom is -0.469 e. The highest BCUT2D eigenvalue weighted by molar-refractivity contribution is 5.72. The largest absolute Gasteiger partial charge is 0.469 e. The van der Waals surface area contributed by atoms with Gasteiger partial charge >= 0.3 is 5.97 Å². The molecule has 0 spiro atoms. The highest BCUT2D eigenvalue weighted by Gasteiger charge is 2.25. The first kappa shape index (κ1) is 21.2. The molecule has 0 aliphatic carbocycles. The van der Waals surface area contributed by atoms with E-state index >= 15 is 0 Å². The van der Waals surface area contributed by atoms with E-state index in [-0.39, 0.29) is 11.9 Å². The van der Waals surface area contributed by atoms with Gasteiger partial charge in [0.05, 0.1) is 13.0 Å². The number of hydrogen-bond donors (Lipinski definition) is 0. The van der Waals surface area contributed by atoms with Gasteiger partial charge in [0, 0.05) is 30.9 Å². The maximum absolute atomic E-state index is 11.7. The van der Waals surface area contributed by atoms with Crippen LogP contribution in [0.25, 0.3) is 11.1 Å². The summed E-state index contributed by atoms with van der Waals surface area (Å²) in [5.41, 5.74) is 5.91. The monoisotopic (exact) mass is 415 g/mol. The number of benzene rings is 2. The third kappa shape index (κ3) is 5.56. The fourth-order valence-electron chi connectivity index (χ4n) is 4.11. The first-order valence-electron chi connectivity index (χ1n) is 10.9. The lowest BCUT2D eigenvalue weighted by atomic mass is 9.96. The van der Waals surface area contributed by atoms with E-state index in [4.69, 9.17) is 4.74 Å². The van der Waals surface area contributed by atoms with Crippen LogP contribution in [0.3, 0.4) is 0 Å². The van der Waals surface area contributed by atoms with Crippen molar-refractivity contribution < 1.29 is 9.53 Å². The molecule has 0 atom stereocenters. The first-order valence-corrected chi connectivity index (χ1v) is 10.9. The van der Waals surface area contributed by atoms with E-state index in [0.717, 1.165) is 49.4 Å². The number of piperidine rings is 1. The summed E-state index contributed by atoms with van der Waals surface area (Å²) >= 11 is 0. The van der Waals surface area contributed by atoms with Gasteiger partial charge in [0.25, 0.3) is 0 Å². The molecule has 1 aromatic heterocycles. The van der Waals surface area contributed by atoms with Crippen LogP contribution in [-0.2, 0) is 22.5 Å². The molecule has 0 amide bonds. The molecule has 5 heteroatoms. The number of rotatable bonds is 6. The Bertz CT molecular complexity index is 1010. The van der Waals surface area contributed by atoms with Crippen molar-refractivity contribution in [3.8, 4) is 11.1 Å². The highest BCUT2D eigenvalue weighted by Crippen LogP contribution is 2.21. The Morgan fingerprint density at radius 2 is 1.68 bits per heavy atom. The van der Waals surface area contributed by atoms with Crippen LogP contribution >= 0.6 is 0 Å². The molecule has 3 aromatic rings. The summed E-state index contributed by atoms with van der Waals surface area (Å²) in [4.78, 5) is 23.3. The number of likely N-dealkylation sites (tertiary alicyclic amines) is 1. The lowest BCUT2D eigenvalue weighted by Gasteiger charge is -2.30. The van der Waals surface area contributed by atoms with E-state index < -0.39 is 0 Å². The topological polar surface area (TPSA) is 55.3 Å². The summed E-state index contributed by atoms with van der Waals surface area (Å²) < 4.78 is 4.88. The van der Waals surface area contributed by atoms with Gasteiger partial charge in [-0.25, -0.2) is 9.97 Å². The van der Waals surface area contributed by atoms with E-state index in [2.05, 4.69) is 70.3 Å². The molecule has 160 valence electrons. The summed E-state index contributed by atoms with van der Waals surface area (Å²) in [6.07, 6.45) is 6.26. The second-order valence-electron chi connectivity index (χ2n) is 8.32. The highest BCUT2D eigenvalue weighted by atomic mass is 16.5. The second-order valence-corrected chi connectivity index (χ2v) is 8.32. The molecule has 0 bridgehead atoms. The SMILES string of the molecule is COC(=O)C1CCN(Cc2cccc(Cc3ncc(-c4ccc(C)cc4)cn3)c2)CC1. The van der Waals surface area contributed by atoms with E-state index in [1.54, 1.807) is 0 Å². The zero-order chi connectivity index (χ0) is 21.6. The normalized spacial score (nSPS) is 15.0. The van der Waals surface area contributed by atoms with Crippen molar-refractivity contribution in [2.24, 2.45) is 5.92 Å². The predicted octanol–water partition coefficient (Wildman–Crippen LogP) is 4.43. The molecule has 0 unspecified atom stereocenters. The molecule has 4 rings (SSSR count). The van der Waals surface area contributed by atoms with Gasteiger partial charge in [0.15, 0.2) is 0 Å². The van der Waals surface area contributed by atoms with Gasteiger partial charge < -0.3 is 4.74 Å². The lowest BCUT2D eigenvalue weighted by Crippen LogP contribution is -2.36. The Hall–Kier alpha value is -3.05. The molecule has 1 aliphatic rings. The Kier molecular flexibility index (Phi) is 6.73. The summed E-state index contributed by atoms with van der Waals surface area (Å²) in [6, 6.07) is 17.0. The summed E-state index contributed by atoms with van der Waals surface area (Å²) in [5.74, 6) is 0.801. The van der Waals surface area contributed by atoms with Gasteiger partial charge in [-0.1, -0.05) is 54.1 Å². The van der Waals surface area contributed by atoms with Crippen molar-refractivity contribution in [1.29, 1.82) is 0 Å². The van der Waals surface area contributed by atoms with Gasteiger partial charge in [-0.15, -0.1) is 0 Å². The van der Waals surface area contributed by atoms with Crippen LogP contribution in [0.2, 0.25) is 0 Å². The van der Waals surface area contributed by atoms with Crippen LogP contribution in [0.5, 0.6) is 0 Å². The molecule has 0 N–H and O–H groups in total. The third-order valence-corrected chi connectivity index (χ3v) is 5.97. The lowest BCUT2D eigenvalue weighted by molar-refractivity contribution is -0.147. The van der Waals surface area contributed by atoms with Gasteiger partial charge in [-0.3, -0.25) is 9.69 Å². The van der Waals surface area contributed by atoms with E-state index in [1.807, 2.05) is 12.4 Å². The maximum atomic E-state index is 11.7. The number of aromatic nitrogens is 2. The van der Waals surface area contributed by atoms with Crippen LogP contribution in [0.15, 0.2) is 60.9 Å². The maximum Gasteiger partial charge on any atom is 0.308 e. The van der Waals surface area contributed by atoms with Crippen LogP contribution < -0.4 is 0 Å². The van der Waals surface area contributed by atoms with Crippen molar-refractivity contribution in [3.05, 3.63) is 83.4 Å². The predicted molar refractivity (Wildman–Crippen MR) is 121 cm³/mol. The van der Waals surface area contributed by atoms with E-state index in [0.29, 0.717) is 6.42 Å². The van der Waals surface area contributed by atoms with E-state index in [1.165, 1.54) is 23.8 Å². The van der Waals surface area contributed by atoms with E-state index in [9.17, 15) is 4.79 Å². The Morgan fingerprint density at radius 1 is 1.00 bits per heavy atom. The number of nitrogens with zero attached hydrogens (tertiary/aromatic N) is 3. The molecule has 31 heavy (non-hydrogen) atoms. The fourth-order valence-corrected chi connectivity index (χ4v) is 4.11. The quantitative estimate of drug-likeness (QED) is 0.558. The number of carbonyl (C=O) groups is 1. The van der Waals surface area contributed by atoms with Crippen molar-refractivity contribution >= 4 is 5.97 Å². The zero-order valence-corrected chi connectivity index (χ0v) is 18.3. The van der Waals surface area contributed by atoms with Gasteiger partial charge in [-0.05, 0) is 49.5 Å². The van der Waals surface area contributed by atoms with Crippen molar-refractivity contribution in [2.75, 3.05) is 20.2 Å². The number of aryl methyl sites for hydroxylation is 1. The molecule has 0 radical (unpaired) electrons. The standard InChI is InChI=1S/C26H29N3O2/c1-19-6-8-22(9-7-19)24-16-27-25(28-17-24)15-20-4-3-5-21(14-20)18-29-12-10-23(11-13-29)26(30)31-2/h3-9,14,16-17,23H,10-13,15,18H2,1-2H3. The molecule has 5 nitrogen and oxygen atoms in total. The minimum absolute atomic E-state index is 0.0487. The third-order valence-electron chi connectivity index (χ3n) is 5.97. The Balaban J connectivity index is 1.35. The van der Waals surface area contributed by atoms with Crippen molar-refractivity contribution in [2.45, 2.75) is 32.7 Å². The number of ether oxygens (including phenoxy) is 1. The Morgan fingerprint density at radius 3 is 2.35 bits per heavy atom. The van der Waals surface area contributed by atoms with Crippen LogP contribution in [0.1, 0.15) is 35.4 Å². The molecule has 2 aromatic carbocycles. The molecular formula is C26H29N3O2. The Labute approximate surface area is 184 Å². The molecule has 2 heterocycles.